The molecule has 152 valence electrons. The fourth-order valence-corrected chi connectivity index (χ4v) is 4.96. The van der Waals surface area contributed by atoms with Crippen LogP contribution in [-0.4, -0.2) is 42.0 Å². The van der Waals surface area contributed by atoms with Gasteiger partial charge in [0, 0.05) is 19.0 Å². The van der Waals surface area contributed by atoms with E-state index in [9.17, 15) is 22.8 Å². The molecule has 0 aromatic heterocycles. The summed E-state index contributed by atoms with van der Waals surface area (Å²) in [5.74, 6) is -0.362. The minimum absolute atomic E-state index is 0.00694. The summed E-state index contributed by atoms with van der Waals surface area (Å²) >= 11 is 0.876. The average molecular weight is 433 g/mol. The summed E-state index contributed by atoms with van der Waals surface area (Å²) in [6.07, 6.45) is 0.391. The highest BCUT2D eigenvalue weighted by Crippen LogP contribution is 2.31. The molecular formula is C20H20N2O5S2. The molecule has 1 aliphatic rings. The summed E-state index contributed by atoms with van der Waals surface area (Å²) in [6, 6.07) is 10.9. The molecule has 1 aliphatic heterocycles. The van der Waals surface area contributed by atoms with Crippen LogP contribution in [0.25, 0.3) is 0 Å². The number of carbonyl (C=O) groups excluding carboxylic acids is 3. The smallest absolute Gasteiger partial charge is 0.306 e. The van der Waals surface area contributed by atoms with Gasteiger partial charge >= 0.3 is 6.03 Å². The Morgan fingerprint density at radius 1 is 1.14 bits per heavy atom. The van der Waals surface area contributed by atoms with Crippen LogP contribution in [0.5, 0.6) is 0 Å². The van der Waals surface area contributed by atoms with E-state index in [0.717, 1.165) is 27.2 Å². The molecule has 0 atom stereocenters. The molecule has 0 fully saturated rings. The summed E-state index contributed by atoms with van der Waals surface area (Å²) in [6.45, 7) is 3.31. The van der Waals surface area contributed by atoms with E-state index < -0.39 is 16.1 Å². The first-order chi connectivity index (χ1) is 13.7. The largest absolute Gasteiger partial charge is 0.335 e. The number of aryl methyl sites for hydroxylation is 1. The van der Waals surface area contributed by atoms with E-state index in [-0.39, 0.29) is 39.3 Å². The number of carbonyl (C=O) groups is 3. The number of thioether (sulfide) groups is 1. The molecule has 2 amide bonds. The van der Waals surface area contributed by atoms with E-state index in [1.54, 1.807) is 0 Å². The van der Waals surface area contributed by atoms with E-state index in [1.807, 2.05) is 31.2 Å². The number of benzene rings is 2. The Morgan fingerprint density at radius 3 is 2.59 bits per heavy atom. The van der Waals surface area contributed by atoms with E-state index >= 15 is 0 Å². The monoisotopic (exact) mass is 432 g/mol. The SMILES string of the molecule is CC(=O)SCC(=O)c1ccc2c(c1)NC(=O)N(CCc1cccc(C)c1)S2(=O)=O. The maximum Gasteiger partial charge on any atom is 0.335 e. The van der Waals surface area contributed by atoms with Gasteiger partial charge in [-0.3, -0.25) is 9.59 Å². The van der Waals surface area contributed by atoms with Crippen molar-refractivity contribution in [2.24, 2.45) is 0 Å². The number of hydrogen-bond donors (Lipinski definition) is 1. The lowest BCUT2D eigenvalue weighted by atomic mass is 10.1. The number of Topliss-reactive ketones (excluding diaryl/α,β-unsaturated/α-hetero) is 1. The third-order valence-corrected chi connectivity index (χ3v) is 7.08. The molecular weight excluding hydrogens is 412 g/mol. The van der Waals surface area contributed by atoms with Crippen molar-refractivity contribution >= 4 is 44.4 Å². The molecule has 0 bridgehead atoms. The quantitative estimate of drug-likeness (QED) is 0.704. The molecule has 3 rings (SSSR count). The number of nitrogens with zero attached hydrogens (tertiary/aromatic N) is 1. The van der Waals surface area contributed by atoms with Crippen LogP contribution in [0.4, 0.5) is 10.5 Å². The molecule has 2 aromatic carbocycles. The number of anilines is 1. The van der Waals surface area contributed by atoms with Crippen molar-refractivity contribution in [3.8, 4) is 0 Å². The Balaban J connectivity index is 1.82. The number of fused-ring (bicyclic) bond motifs is 1. The van der Waals surface area contributed by atoms with Crippen molar-refractivity contribution < 1.29 is 22.8 Å². The van der Waals surface area contributed by atoms with Crippen LogP contribution in [0, 0.1) is 6.92 Å². The number of amides is 2. The second-order valence-corrected chi connectivity index (χ2v) is 9.64. The van der Waals surface area contributed by atoms with Crippen LogP contribution >= 0.6 is 11.8 Å². The topological polar surface area (TPSA) is 101 Å². The highest BCUT2D eigenvalue weighted by molar-refractivity contribution is 8.14. The zero-order valence-electron chi connectivity index (χ0n) is 16.0. The standard InChI is InChI=1S/C20H20N2O5S2/c1-13-4-3-5-15(10-13)8-9-22-20(25)21-17-11-16(18(24)12-28-14(2)23)6-7-19(17)29(22,26)27/h3-7,10-11H,8-9,12H2,1-2H3,(H,21,25). The van der Waals surface area contributed by atoms with E-state index in [1.165, 1.54) is 25.1 Å². The van der Waals surface area contributed by atoms with Crippen molar-refractivity contribution in [3.63, 3.8) is 0 Å². The lowest BCUT2D eigenvalue weighted by Crippen LogP contribution is -2.45. The van der Waals surface area contributed by atoms with Crippen LogP contribution < -0.4 is 5.32 Å². The zero-order chi connectivity index (χ0) is 21.2. The minimum atomic E-state index is -4.03. The number of nitrogens with one attached hydrogen (secondary N) is 1. The predicted molar refractivity (Wildman–Crippen MR) is 112 cm³/mol. The summed E-state index contributed by atoms with van der Waals surface area (Å²) < 4.78 is 26.7. The van der Waals surface area contributed by atoms with Gasteiger partial charge in [0.15, 0.2) is 10.9 Å². The Bertz CT molecular complexity index is 1100. The summed E-state index contributed by atoms with van der Waals surface area (Å²) in [7, 11) is -4.03. The normalized spacial score (nSPS) is 14.8. The third kappa shape index (κ3) is 4.68. The van der Waals surface area contributed by atoms with E-state index in [2.05, 4.69) is 5.32 Å². The fraction of sp³-hybridized carbons (Fsp3) is 0.250. The Kier molecular flexibility index (Phi) is 6.09. The van der Waals surface area contributed by atoms with Crippen LogP contribution in [0.1, 0.15) is 28.4 Å². The molecule has 1 N–H and O–H groups in total. The Hall–Kier alpha value is -2.65. The van der Waals surface area contributed by atoms with Gasteiger partial charge in [-0.05, 0) is 37.1 Å². The van der Waals surface area contributed by atoms with Crippen molar-refractivity contribution in [2.75, 3.05) is 17.6 Å². The summed E-state index contributed by atoms with van der Waals surface area (Å²) in [5.41, 5.74) is 2.29. The molecule has 0 saturated carbocycles. The Morgan fingerprint density at radius 2 is 1.90 bits per heavy atom. The first-order valence-electron chi connectivity index (χ1n) is 8.88. The van der Waals surface area contributed by atoms with Crippen molar-refractivity contribution in [3.05, 3.63) is 59.2 Å². The van der Waals surface area contributed by atoms with Gasteiger partial charge in [0.05, 0.1) is 11.4 Å². The minimum Gasteiger partial charge on any atom is -0.306 e. The van der Waals surface area contributed by atoms with Crippen molar-refractivity contribution in [1.29, 1.82) is 0 Å². The predicted octanol–water partition coefficient (Wildman–Crippen LogP) is 3.24. The molecule has 0 spiro atoms. The summed E-state index contributed by atoms with van der Waals surface area (Å²) in [5, 5.41) is 2.37. The second-order valence-electron chi connectivity index (χ2n) is 6.66. The zero-order valence-corrected chi connectivity index (χ0v) is 17.6. The van der Waals surface area contributed by atoms with Gasteiger partial charge < -0.3 is 5.32 Å². The van der Waals surface area contributed by atoms with Crippen molar-refractivity contribution in [2.45, 2.75) is 25.2 Å². The number of rotatable bonds is 6. The number of ketones is 1. The van der Waals surface area contributed by atoms with Gasteiger partial charge in [-0.15, -0.1) is 0 Å². The van der Waals surface area contributed by atoms with E-state index in [4.69, 9.17) is 0 Å². The fourth-order valence-electron chi connectivity index (χ4n) is 3.00. The molecule has 1 heterocycles. The van der Waals surface area contributed by atoms with Crippen LogP contribution in [-0.2, 0) is 21.2 Å². The molecule has 0 radical (unpaired) electrons. The van der Waals surface area contributed by atoms with Gasteiger partial charge in [-0.25, -0.2) is 17.5 Å². The third-order valence-electron chi connectivity index (χ3n) is 4.43. The number of sulfonamides is 1. The van der Waals surface area contributed by atoms with Crippen LogP contribution in [0.15, 0.2) is 47.4 Å². The first kappa shape index (κ1) is 21.1. The second kappa shape index (κ2) is 8.38. The highest BCUT2D eigenvalue weighted by Gasteiger charge is 2.36. The van der Waals surface area contributed by atoms with Gasteiger partial charge in [0.2, 0.25) is 0 Å². The maximum absolute atomic E-state index is 12.9. The molecule has 9 heteroatoms. The molecule has 2 aromatic rings. The number of hydrogen-bond acceptors (Lipinski definition) is 6. The van der Waals surface area contributed by atoms with Gasteiger partial charge in [-0.2, -0.15) is 0 Å². The van der Waals surface area contributed by atoms with Crippen molar-refractivity contribution in [1.82, 2.24) is 4.31 Å². The molecule has 0 unspecified atom stereocenters. The average Bonchev–Trinajstić information content (AvgIpc) is 2.65. The van der Waals surface area contributed by atoms with Crippen LogP contribution in [0.2, 0.25) is 0 Å². The van der Waals surface area contributed by atoms with Gasteiger partial charge in [0.25, 0.3) is 10.0 Å². The molecule has 0 aliphatic carbocycles. The van der Waals surface area contributed by atoms with Gasteiger partial charge in [-0.1, -0.05) is 41.6 Å². The molecule has 29 heavy (non-hydrogen) atoms. The van der Waals surface area contributed by atoms with Crippen LogP contribution in [0.3, 0.4) is 0 Å². The lowest BCUT2D eigenvalue weighted by molar-refractivity contribution is -0.109. The molecule has 0 saturated heterocycles. The summed E-state index contributed by atoms with van der Waals surface area (Å²) in [4.78, 5) is 35.6. The Labute approximate surface area is 173 Å². The maximum atomic E-state index is 12.9. The lowest BCUT2D eigenvalue weighted by Gasteiger charge is -2.29. The van der Waals surface area contributed by atoms with E-state index in [0.29, 0.717) is 6.42 Å². The highest BCUT2D eigenvalue weighted by atomic mass is 32.2. The first-order valence-corrected chi connectivity index (χ1v) is 11.3. The molecule has 7 nitrogen and oxygen atoms in total. The van der Waals surface area contributed by atoms with Gasteiger partial charge in [0.1, 0.15) is 4.90 Å². The number of urea groups is 1.